The second-order valence-corrected chi connectivity index (χ2v) is 9.55. The number of hydrogen-bond acceptors (Lipinski definition) is 6. The fourth-order valence-electron chi connectivity index (χ4n) is 4.11. The molecule has 0 radical (unpaired) electrons. The summed E-state index contributed by atoms with van der Waals surface area (Å²) in [6, 6.07) is 20.2. The first kappa shape index (κ1) is 30.9. The zero-order chi connectivity index (χ0) is 31.2. The van der Waals surface area contributed by atoms with E-state index in [1.807, 2.05) is 25.1 Å². The summed E-state index contributed by atoms with van der Waals surface area (Å²) in [5.74, 6) is -1.01. The lowest BCUT2D eigenvalue weighted by atomic mass is 9.95. The van der Waals surface area contributed by atoms with Crippen molar-refractivity contribution in [3.05, 3.63) is 113 Å². The van der Waals surface area contributed by atoms with Gasteiger partial charge in [0.1, 0.15) is 18.1 Å². The van der Waals surface area contributed by atoms with Crippen molar-refractivity contribution in [1.82, 2.24) is 0 Å². The Bertz CT molecular complexity index is 1600. The number of nitrogen functional groups attached to an aromatic ring is 2. The van der Waals surface area contributed by atoms with Crippen LogP contribution in [0.2, 0.25) is 0 Å². The average Bonchev–Trinajstić information content (AvgIpc) is 2.95. The minimum atomic E-state index is -4.55. The molecule has 4 rings (SSSR count). The van der Waals surface area contributed by atoms with Crippen molar-refractivity contribution in [1.29, 1.82) is 0 Å². The Balaban J connectivity index is 1.34. The Morgan fingerprint density at radius 1 is 0.791 bits per heavy atom. The van der Waals surface area contributed by atoms with Crippen LogP contribution in [-0.4, -0.2) is 18.8 Å². The molecule has 0 heterocycles. The van der Waals surface area contributed by atoms with Crippen molar-refractivity contribution >= 4 is 23.4 Å². The standard InChI is InChI=1S/C32H27F5N2O4/c1-20-16-24(38)7-13-28(20)29-14-8-25(39)17-22(29)18-41-30(40)15-4-21-2-9-27(10-3-21)43-32(36,37)23-5-11-26(12-6-23)42-19-31(33,34)35/h2-17H,18-19,38-39H2,1H3/b15-4+. The summed E-state index contributed by atoms with van der Waals surface area (Å²) in [5.41, 5.74) is 16.3. The highest BCUT2D eigenvalue weighted by atomic mass is 19.4. The molecule has 224 valence electrons. The number of rotatable bonds is 10. The molecule has 0 saturated heterocycles. The first-order chi connectivity index (χ1) is 20.3. The van der Waals surface area contributed by atoms with E-state index in [4.69, 9.17) is 20.9 Å². The lowest BCUT2D eigenvalue weighted by Crippen LogP contribution is -2.22. The zero-order valence-corrected chi connectivity index (χ0v) is 22.8. The Morgan fingerprint density at radius 3 is 2.02 bits per heavy atom. The van der Waals surface area contributed by atoms with Gasteiger partial charge >= 0.3 is 18.3 Å². The van der Waals surface area contributed by atoms with E-state index in [0.29, 0.717) is 22.5 Å². The molecule has 11 heteroatoms. The number of anilines is 2. The van der Waals surface area contributed by atoms with E-state index in [1.165, 1.54) is 36.4 Å². The second kappa shape index (κ2) is 12.8. The minimum Gasteiger partial charge on any atom is -0.484 e. The Labute approximate surface area is 244 Å². The summed E-state index contributed by atoms with van der Waals surface area (Å²) in [4.78, 5) is 12.4. The maximum absolute atomic E-state index is 14.6. The maximum atomic E-state index is 14.6. The van der Waals surface area contributed by atoms with Gasteiger partial charge in [-0.1, -0.05) is 24.3 Å². The van der Waals surface area contributed by atoms with Crippen molar-refractivity contribution in [3.8, 4) is 22.6 Å². The van der Waals surface area contributed by atoms with E-state index in [0.717, 1.165) is 41.0 Å². The molecule has 0 bridgehead atoms. The van der Waals surface area contributed by atoms with E-state index in [9.17, 15) is 26.7 Å². The maximum Gasteiger partial charge on any atom is 0.426 e. The molecule has 0 fully saturated rings. The van der Waals surface area contributed by atoms with Crippen LogP contribution in [0.25, 0.3) is 17.2 Å². The molecule has 0 amide bonds. The fourth-order valence-corrected chi connectivity index (χ4v) is 4.11. The molecular formula is C32H27F5N2O4. The second-order valence-electron chi connectivity index (χ2n) is 9.55. The van der Waals surface area contributed by atoms with Gasteiger partial charge in [-0.2, -0.15) is 22.0 Å². The minimum absolute atomic E-state index is 0.0370. The molecule has 4 aromatic rings. The van der Waals surface area contributed by atoms with Crippen LogP contribution in [0.4, 0.5) is 33.3 Å². The number of aryl methyl sites for hydroxylation is 1. The van der Waals surface area contributed by atoms with Crippen molar-refractivity contribution in [2.75, 3.05) is 18.1 Å². The number of nitrogens with two attached hydrogens (primary N) is 2. The third-order valence-electron chi connectivity index (χ3n) is 6.17. The van der Waals surface area contributed by atoms with Gasteiger partial charge in [0.25, 0.3) is 0 Å². The molecule has 0 aliphatic heterocycles. The normalized spacial score (nSPS) is 11.9. The SMILES string of the molecule is Cc1cc(N)ccc1-c1ccc(N)cc1COC(=O)/C=C/c1ccc(OC(F)(F)c2ccc(OCC(F)(F)F)cc2)cc1. The molecule has 0 spiro atoms. The summed E-state index contributed by atoms with van der Waals surface area (Å²) < 4.78 is 80.7. The molecule has 0 saturated carbocycles. The number of halogens is 5. The van der Waals surface area contributed by atoms with Gasteiger partial charge in [0.2, 0.25) is 0 Å². The third kappa shape index (κ3) is 8.71. The molecule has 6 nitrogen and oxygen atoms in total. The zero-order valence-electron chi connectivity index (χ0n) is 22.8. The van der Waals surface area contributed by atoms with Crippen LogP contribution >= 0.6 is 0 Å². The van der Waals surface area contributed by atoms with Crippen LogP contribution in [0.15, 0.2) is 91.0 Å². The first-order valence-electron chi connectivity index (χ1n) is 12.9. The molecule has 0 aliphatic rings. The monoisotopic (exact) mass is 598 g/mol. The van der Waals surface area contributed by atoms with Gasteiger partial charge in [0.15, 0.2) is 6.61 Å². The van der Waals surface area contributed by atoms with Gasteiger partial charge in [-0.15, -0.1) is 0 Å². The molecule has 0 unspecified atom stereocenters. The summed E-state index contributed by atoms with van der Waals surface area (Å²) >= 11 is 0. The Hall–Kier alpha value is -5.06. The van der Waals surface area contributed by atoms with Gasteiger partial charge in [-0.3, -0.25) is 0 Å². The molecule has 0 aromatic heterocycles. The summed E-state index contributed by atoms with van der Waals surface area (Å²) in [7, 11) is 0. The van der Waals surface area contributed by atoms with Crippen LogP contribution in [0.1, 0.15) is 22.3 Å². The van der Waals surface area contributed by atoms with Crippen molar-refractivity contribution in [2.24, 2.45) is 0 Å². The van der Waals surface area contributed by atoms with E-state index in [-0.39, 0.29) is 18.1 Å². The third-order valence-corrected chi connectivity index (χ3v) is 6.17. The number of carbonyl (C=O) groups excluding carboxylic acids is 1. The van der Waals surface area contributed by atoms with Crippen molar-refractivity contribution in [3.63, 3.8) is 0 Å². The summed E-state index contributed by atoms with van der Waals surface area (Å²) in [6.45, 7) is 0.353. The molecule has 43 heavy (non-hydrogen) atoms. The highest BCUT2D eigenvalue weighted by Gasteiger charge is 2.35. The fraction of sp³-hybridized carbons (Fsp3) is 0.156. The smallest absolute Gasteiger partial charge is 0.426 e. The number of benzene rings is 4. The van der Waals surface area contributed by atoms with E-state index >= 15 is 0 Å². The largest absolute Gasteiger partial charge is 0.484 e. The quantitative estimate of drug-likeness (QED) is 0.0843. The highest BCUT2D eigenvalue weighted by molar-refractivity contribution is 5.87. The van der Waals surface area contributed by atoms with Gasteiger partial charge in [-0.05, 0) is 101 Å². The Morgan fingerprint density at radius 2 is 1.40 bits per heavy atom. The van der Waals surface area contributed by atoms with Crippen LogP contribution in [0.5, 0.6) is 11.5 Å². The number of esters is 1. The topological polar surface area (TPSA) is 96.8 Å². The number of carbonyl (C=O) groups is 1. The van der Waals surface area contributed by atoms with Crippen LogP contribution in [0.3, 0.4) is 0 Å². The molecule has 4 N–H and O–H groups in total. The van der Waals surface area contributed by atoms with Crippen molar-refractivity contribution < 1.29 is 41.0 Å². The highest BCUT2D eigenvalue weighted by Crippen LogP contribution is 2.33. The lowest BCUT2D eigenvalue weighted by Gasteiger charge is -2.19. The van der Waals surface area contributed by atoms with E-state index in [2.05, 4.69) is 4.74 Å². The van der Waals surface area contributed by atoms with Crippen LogP contribution in [-0.2, 0) is 22.2 Å². The molecule has 0 atom stereocenters. The lowest BCUT2D eigenvalue weighted by molar-refractivity contribution is -0.185. The molecule has 0 aliphatic carbocycles. The average molecular weight is 599 g/mol. The van der Waals surface area contributed by atoms with Gasteiger partial charge in [-0.25, -0.2) is 4.79 Å². The summed E-state index contributed by atoms with van der Waals surface area (Å²) in [6.07, 6.45) is -5.66. The van der Waals surface area contributed by atoms with Gasteiger partial charge in [0.05, 0.1) is 5.56 Å². The molecular weight excluding hydrogens is 571 g/mol. The predicted octanol–water partition coefficient (Wildman–Crippen LogP) is 7.65. The van der Waals surface area contributed by atoms with Gasteiger partial charge in [0, 0.05) is 17.5 Å². The predicted molar refractivity (Wildman–Crippen MR) is 153 cm³/mol. The first-order valence-corrected chi connectivity index (χ1v) is 12.9. The number of alkyl halides is 5. The van der Waals surface area contributed by atoms with Crippen LogP contribution in [0, 0.1) is 6.92 Å². The number of ether oxygens (including phenoxy) is 3. The summed E-state index contributed by atoms with van der Waals surface area (Å²) in [5, 5.41) is 0. The van der Waals surface area contributed by atoms with Crippen LogP contribution < -0.4 is 20.9 Å². The van der Waals surface area contributed by atoms with Gasteiger partial charge < -0.3 is 25.7 Å². The number of hydrogen-bond donors (Lipinski definition) is 2. The molecule has 4 aromatic carbocycles. The van der Waals surface area contributed by atoms with Crippen molar-refractivity contribution in [2.45, 2.75) is 25.8 Å². The van der Waals surface area contributed by atoms with E-state index < -0.39 is 30.4 Å². The van der Waals surface area contributed by atoms with E-state index in [1.54, 1.807) is 18.2 Å². The Kier molecular flexibility index (Phi) is 9.23.